The van der Waals surface area contributed by atoms with E-state index in [0.717, 1.165) is 10.0 Å². The van der Waals surface area contributed by atoms with Crippen molar-refractivity contribution in [2.24, 2.45) is 0 Å². The molecule has 0 radical (unpaired) electrons. The van der Waals surface area contributed by atoms with E-state index >= 15 is 0 Å². The number of carbonyl (C=O) groups is 1. The van der Waals surface area contributed by atoms with Gasteiger partial charge in [-0.1, -0.05) is 6.07 Å². The Bertz CT molecular complexity index is 508. The molecule has 16 heavy (non-hydrogen) atoms. The van der Waals surface area contributed by atoms with E-state index in [1.165, 1.54) is 0 Å². The summed E-state index contributed by atoms with van der Waals surface area (Å²) in [7, 11) is 0. The zero-order valence-electron chi connectivity index (χ0n) is 8.62. The molecule has 2 rings (SSSR count). The third kappa shape index (κ3) is 2.30. The second-order valence-corrected chi connectivity index (χ2v) is 4.23. The fraction of sp³-hybridized carbons (Fsp3) is 0.0909. The third-order valence-electron chi connectivity index (χ3n) is 2.10. The fourth-order valence-corrected chi connectivity index (χ4v) is 1.99. The summed E-state index contributed by atoms with van der Waals surface area (Å²) in [5.41, 5.74) is 1.68. The molecule has 1 heterocycles. The van der Waals surface area contributed by atoms with Crippen LogP contribution in [-0.2, 0) is 0 Å². The number of aromatic amines is 1. The molecule has 0 spiro atoms. The van der Waals surface area contributed by atoms with Crippen molar-refractivity contribution in [2.45, 2.75) is 6.92 Å². The van der Waals surface area contributed by atoms with Crippen molar-refractivity contribution in [1.29, 1.82) is 0 Å². The first-order chi connectivity index (χ1) is 7.66. The first-order valence-electron chi connectivity index (χ1n) is 4.73. The summed E-state index contributed by atoms with van der Waals surface area (Å²) in [6.07, 6.45) is 3.24. The molecule has 1 amide bonds. The van der Waals surface area contributed by atoms with Crippen LogP contribution in [0.4, 0.5) is 5.95 Å². The van der Waals surface area contributed by atoms with Crippen LogP contribution >= 0.6 is 15.9 Å². The van der Waals surface area contributed by atoms with E-state index in [0.29, 0.717) is 11.5 Å². The van der Waals surface area contributed by atoms with Gasteiger partial charge < -0.3 is 4.98 Å². The summed E-state index contributed by atoms with van der Waals surface area (Å²) < 4.78 is 0.775. The Morgan fingerprint density at radius 2 is 2.31 bits per heavy atom. The van der Waals surface area contributed by atoms with Gasteiger partial charge in [-0.25, -0.2) is 4.98 Å². The number of amides is 1. The normalized spacial score (nSPS) is 10.1. The minimum Gasteiger partial charge on any atom is -0.331 e. The van der Waals surface area contributed by atoms with Crippen LogP contribution in [0.15, 0.2) is 35.1 Å². The maximum atomic E-state index is 11.8. The van der Waals surface area contributed by atoms with Gasteiger partial charge in [0, 0.05) is 16.9 Å². The van der Waals surface area contributed by atoms with E-state index in [1.54, 1.807) is 18.5 Å². The molecule has 0 fully saturated rings. The fourth-order valence-electron chi connectivity index (χ4n) is 1.31. The van der Waals surface area contributed by atoms with Crippen molar-refractivity contribution in [3.05, 3.63) is 46.2 Å². The third-order valence-corrected chi connectivity index (χ3v) is 2.76. The van der Waals surface area contributed by atoms with Gasteiger partial charge in [-0.2, -0.15) is 0 Å². The molecule has 0 unspecified atom stereocenters. The molecule has 82 valence electrons. The van der Waals surface area contributed by atoms with Gasteiger partial charge in [-0.05, 0) is 40.5 Å². The molecule has 0 saturated carbocycles. The summed E-state index contributed by atoms with van der Waals surface area (Å²) >= 11 is 3.36. The molecule has 0 atom stereocenters. The predicted octanol–water partition coefficient (Wildman–Crippen LogP) is 2.73. The van der Waals surface area contributed by atoms with Crippen molar-refractivity contribution in [3.8, 4) is 0 Å². The van der Waals surface area contributed by atoms with Crippen molar-refractivity contribution in [1.82, 2.24) is 9.97 Å². The Kier molecular flexibility index (Phi) is 3.05. The number of aromatic nitrogens is 2. The molecule has 2 N–H and O–H groups in total. The van der Waals surface area contributed by atoms with Crippen LogP contribution in [0.2, 0.25) is 0 Å². The second kappa shape index (κ2) is 4.49. The lowest BCUT2D eigenvalue weighted by molar-refractivity contribution is 0.102. The maximum absolute atomic E-state index is 11.8. The van der Waals surface area contributed by atoms with E-state index in [9.17, 15) is 4.79 Å². The number of carbonyl (C=O) groups excluding carboxylic acids is 1. The highest BCUT2D eigenvalue weighted by molar-refractivity contribution is 9.10. The van der Waals surface area contributed by atoms with Gasteiger partial charge in [0.05, 0.1) is 5.56 Å². The molecule has 1 aromatic heterocycles. The topological polar surface area (TPSA) is 57.8 Å². The minimum absolute atomic E-state index is 0.193. The number of aryl methyl sites for hydroxylation is 1. The number of H-pyrrole nitrogens is 1. The Labute approximate surface area is 101 Å². The monoisotopic (exact) mass is 279 g/mol. The summed E-state index contributed by atoms with van der Waals surface area (Å²) in [4.78, 5) is 18.6. The minimum atomic E-state index is -0.193. The molecule has 2 aromatic rings. The van der Waals surface area contributed by atoms with Crippen molar-refractivity contribution in [3.63, 3.8) is 0 Å². The summed E-state index contributed by atoms with van der Waals surface area (Å²) in [5, 5.41) is 2.66. The largest absolute Gasteiger partial charge is 0.331 e. The molecular formula is C11H10BrN3O. The Hall–Kier alpha value is -1.62. The van der Waals surface area contributed by atoms with E-state index < -0.39 is 0 Å². The SMILES string of the molecule is Cc1ccc(C(=O)Nc2ncc[nH]2)c(Br)c1. The standard InChI is InChI=1S/C11H10BrN3O/c1-7-2-3-8(9(12)6-7)10(16)15-11-13-4-5-14-11/h2-6H,1H3,(H2,13,14,15,16). The lowest BCUT2D eigenvalue weighted by Gasteiger charge is -2.05. The molecule has 0 aliphatic carbocycles. The molecular weight excluding hydrogens is 270 g/mol. The summed E-state index contributed by atoms with van der Waals surface area (Å²) in [6, 6.07) is 5.57. The smallest absolute Gasteiger partial charge is 0.259 e. The number of nitrogens with one attached hydrogen (secondary N) is 2. The Morgan fingerprint density at radius 1 is 1.50 bits per heavy atom. The summed E-state index contributed by atoms with van der Waals surface area (Å²) in [5.74, 6) is 0.249. The van der Waals surface area contributed by atoms with Crippen molar-refractivity contribution >= 4 is 27.8 Å². The van der Waals surface area contributed by atoms with Gasteiger partial charge in [0.15, 0.2) is 0 Å². The number of anilines is 1. The average molecular weight is 280 g/mol. The lowest BCUT2D eigenvalue weighted by atomic mass is 10.1. The van der Waals surface area contributed by atoms with Gasteiger partial charge in [-0.15, -0.1) is 0 Å². The van der Waals surface area contributed by atoms with E-state index in [2.05, 4.69) is 31.2 Å². The molecule has 0 bridgehead atoms. The Morgan fingerprint density at radius 3 is 2.94 bits per heavy atom. The molecule has 1 aromatic carbocycles. The van der Waals surface area contributed by atoms with Gasteiger partial charge in [0.1, 0.15) is 0 Å². The van der Waals surface area contributed by atoms with Gasteiger partial charge in [0.2, 0.25) is 5.95 Å². The molecule has 0 aliphatic heterocycles. The van der Waals surface area contributed by atoms with Crippen LogP contribution in [0, 0.1) is 6.92 Å². The second-order valence-electron chi connectivity index (χ2n) is 3.38. The molecule has 4 nitrogen and oxygen atoms in total. The zero-order valence-corrected chi connectivity index (χ0v) is 10.2. The number of hydrogen-bond donors (Lipinski definition) is 2. The highest BCUT2D eigenvalue weighted by Crippen LogP contribution is 2.19. The van der Waals surface area contributed by atoms with Crippen LogP contribution in [0.3, 0.4) is 0 Å². The van der Waals surface area contributed by atoms with Gasteiger partial charge >= 0.3 is 0 Å². The van der Waals surface area contributed by atoms with Crippen molar-refractivity contribution < 1.29 is 4.79 Å². The first-order valence-corrected chi connectivity index (χ1v) is 5.53. The van der Waals surface area contributed by atoms with Crippen LogP contribution in [-0.4, -0.2) is 15.9 Å². The number of nitrogens with zero attached hydrogens (tertiary/aromatic N) is 1. The number of benzene rings is 1. The van der Waals surface area contributed by atoms with Crippen LogP contribution in [0.5, 0.6) is 0 Å². The highest BCUT2D eigenvalue weighted by Gasteiger charge is 2.10. The van der Waals surface area contributed by atoms with Gasteiger partial charge in [0.25, 0.3) is 5.91 Å². The zero-order chi connectivity index (χ0) is 11.5. The number of rotatable bonds is 2. The first kappa shape index (κ1) is 10.9. The number of hydrogen-bond acceptors (Lipinski definition) is 2. The molecule has 0 saturated heterocycles. The molecule has 5 heteroatoms. The van der Waals surface area contributed by atoms with E-state index in [4.69, 9.17) is 0 Å². The lowest BCUT2D eigenvalue weighted by Crippen LogP contribution is -2.13. The maximum Gasteiger partial charge on any atom is 0.259 e. The van der Waals surface area contributed by atoms with E-state index in [1.807, 2.05) is 19.1 Å². The van der Waals surface area contributed by atoms with E-state index in [-0.39, 0.29) is 5.91 Å². The quantitative estimate of drug-likeness (QED) is 0.888. The molecule has 0 aliphatic rings. The number of halogens is 1. The predicted molar refractivity (Wildman–Crippen MR) is 65.4 cm³/mol. The van der Waals surface area contributed by atoms with Crippen LogP contribution < -0.4 is 5.32 Å². The average Bonchev–Trinajstić information content (AvgIpc) is 2.70. The van der Waals surface area contributed by atoms with Crippen LogP contribution in [0.1, 0.15) is 15.9 Å². The Balaban J connectivity index is 2.21. The summed E-state index contributed by atoms with van der Waals surface area (Å²) in [6.45, 7) is 1.97. The highest BCUT2D eigenvalue weighted by atomic mass is 79.9. The van der Waals surface area contributed by atoms with Gasteiger partial charge in [-0.3, -0.25) is 10.1 Å². The van der Waals surface area contributed by atoms with Crippen molar-refractivity contribution in [2.75, 3.05) is 5.32 Å². The number of imidazole rings is 1. The van der Waals surface area contributed by atoms with Crippen LogP contribution in [0.25, 0.3) is 0 Å².